The minimum atomic E-state index is -0.0135. The summed E-state index contributed by atoms with van der Waals surface area (Å²) in [6.07, 6.45) is 6.60. The van der Waals surface area contributed by atoms with Gasteiger partial charge in [-0.1, -0.05) is 24.3 Å². The molecule has 0 saturated heterocycles. The van der Waals surface area contributed by atoms with E-state index in [0.29, 0.717) is 11.4 Å². The van der Waals surface area contributed by atoms with Gasteiger partial charge >= 0.3 is 0 Å². The third-order valence-electron chi connectivity index (χ3n) is 4.53. The number of hydrogen-bond acceptors (Lipinski definition) is 4. The van der Waals surface area contributed by atoms with Crippen LogP contribution in [0.2, 0.25) is 0 Å². The van der Waals surface area contributed by atoms with Crippen LogP contribution in [0.3, 0.4) is 0 Å². The van der Waals surface area contributed by atoms with E-state index in [1.165, 1.54) is 17.5 Å². The van der Waals surface area contributed by atoms with Gasteiger partial charge in [0.25, 0.3) is 5.91 Å². The topological polar surface area (TPSA) is 63.9 Å². The van der Waals surface area contributed by atoms with E-state index >= 15 is 0 Å². The molecule has 1 aromatic carbocycles. The summed E-state index contributed by atoms with van der Waals surface area (Å²) in [7, 11) is 1.87. The highest BCUT2D eigenvalue weighted by molar-refractivity contribution is 5.94. The van der Waals surface area contributed by atoms with Gasteiger partial charge in [0.2, 0.25) is 0 Å². The summed E-state index contributed by atoms with van der Waals surface area (Å²) in [5.41, 5.74) is 3.18. The Morgan fingerprint density at radius 2 is 2.17 bits per heavy atom. The smallest absolute Gasteiger partial charge is 0.254 e. The molecule has 0 unspecified atom stereocenters. The lowest BCUT2D eigenvalue weighted by atomic mass is 10.1. The molecule has 6 nitrogen and oxygen atoms in total. The van der Waals surface area contributed by atoms with Crippen LogP contribution >= 0.6 is 0 Å². The fraction of sp³-hybridized carbons (Fsp3) is 0.222. The average molecular weight is 319 g/mol. The first kappa shape index (κ1) is 14.6. The lowest BCUT2D eigenvalue weighted by Crippen LogP contribution is -2.30. The van der Waals surface area contributed by atoms with E-state index in [2.05, 4.69) is 33.3 Å². The van der Waals surface area contributed by atoms with E-state index in [0.717, 1.165) is 12.8 Å². The highest BCUT2D eigenvalue weighted by atomic mass is 16.2. The standard InChI is InChI=1S/C18H17N5O/c1-22(16-7-6-13-4-2-3-5-15(13)16)18(24)14-8-9-20-17(10-14)23-12-19-11-21-23/h2-5,8-12,16H,6-7H2,1H3/t16-/m1/s1. The van der Waals surface area contributed by atoms with E-state index in [1.807, 2.05) is 18.0 Å². The number of rotatable bonds is 3. The minimum absolute atomic E-state index is 0.0135. The third-order valence-corrected chi connectivity index (χ3v) is 4.53. The first-order valence-electron chi connectivity index (χ1n) is 7.90. The maximum Gasteiger partial charge on any atom is 0.254 e. The average Bonchev–Trinajstić information content (AvgIpc) is 3.30. The summed E-state index contributed by atoms with van der Waals surface area (Å²) in [6, 6.07) is 11.9. The molecule has 0 aliphatic heterocycles. The van der Waals surface area contributed by atoms with Crippen molar-refractivity contribution >= 4 is 5.91 Å². The zero-order valence-electron chi connectivity index (χ0n) is 13.3. The van der Waals surface area contributed by atoms with Crippen molar-refractivity contribution in [2.24, 2.45) is 0 Å². The second-order valence-corrected chi connectivity index (χ2v) is 5.91. The predicted molar refractivity (Wildman–Crippen MR) is 88.8 cm³/mol. The monoisotopic (exact) mass is 319 g/mol. The van der Waals surface area contributed by atoms with Gasteiger partial charge in [-0.3, -0.25) is 4.79 Å². The predicted octanol–water partition coefficient (Wildman–Crippen LogP) is 2.42. The summed E-state index contributed by atoms with van der Waals surface area (Å²) in [4.78, 5) is 22.9. The molecule has 1 amide bonds. The first-order valence-corrected chi connectivity index (χ1v) is 7.90. The molecule has 2 heterocycles. The molecule has 120 valence electrons. The Bertz CT molecular complexity index is 875. The molecule has 1 aliphatic rings. The Kier molecular flexibility index (Phi) is 3.57. The second-order valence-electron chi connectivity index (χ2n) is 5.91. The van der Waals surface area contributed by atoms with Gasteiger partial charge in [0.1, 0.15) is 12.7 Å². The van der Waals surface area contributed by atoms with Crippen LogP contribution in [0.1, 0.15) is 33.9 Å². The summed E-state index contributed by atoms with van der Waals surface area (Å²) in [5.74, 6) is 0.569. The molecular weight excluding hydrogens is 302 g/mol. The van der Waals surface area contributed by atoms with Crippen LogP contribution in [-0.4, -0.2) is 37.6 Å². The van der Waals surface area contributed by atoms with Crippen molar-refractivity contribution in [2.75, 3.05) is 7.05 Å². The summed E-state index contributed by atoms with van der Waals surface area (Å²) < 4.78 is 1.54. The molecule has 4 rings (SSSR count). The number of benzene rings is 1. The Labute approximate surface area is 139 Å². The summed E-state index contributed by atoms with van der Waals surface area (Å²) in [5, 5.41) is 4.06. The quantitative estimate of drug-likeness (QED) is 0.744. The number of nitrogens with zero attached hydrogens (tertiary/aromatic N) is 5. The highest BCUT2D eigenvalue weighted by Crippen LogP contribution is 2.35. The molecule has 1 aliphatic carbocycles. The molecule has 0 spiro atoms. The van der Waals surface area contributed by atoms with Crippen LogP contribution in [0, 0.1) is 0 Å². The number of aromatic nitrogens is 4. The van der Waals surface area contributed by atoms with E-state index in [4.69, 9.17) is 0 Å². The maximum absolute atomic E-state index is 12.9. The first-order chi connectivity index (χ1) is 11.7. The summed E-state index contributed by atoms with van der Waals surface area (Å²) >= 11 is 0. The van der Waals surface area contributed by atoms with Crippen LogP contribution in [0.25, 0.3) is 5.82 Å². The summed E-state index contributed by atoms with van der Waals surface area (Å²) in [6.45, 7) is 0. The molecule has 0 bridgehead atoms. The van der Waals surface area contributed by atoms with Crippen molar-refractivity contribution in [3.05, 3.63) is 71.9 Å². The van der Waals surface area contributed by atoms with Crippen molar-refractivity contribution in [1.82, 2.24) is 24.6 Å². The Hall–Kier alpha value is -3.02. The van der Waals surface area contributed by atoms with Gasteiger partial charge in [-0.15, -0.1) is 0 Å². The molecule has 3 aromatic rings. The van der Waals surface area contributed by atoms with Crippen LogP contribution in [0.5, 0.6) is 0 Å². The van der Waals surface area contributed by atoms with Gasteiger partial charge < -0.3 is 4.90 Å². The number of amides is 1. The maximum atomic E-state index is 12.9. The third kappa shape index (κ3) is 2.46. The van der Waals surface area contributed by atoms with E-state index in [9.17, 15) is 4.79 Å². The lowest BCUT2D eigenvalue weighted by Gasteiger charge is -2.25. The Morgan fingerprint density at radius 3 is 3.00 bits per heavy atom. The van der Waals surface area contributed by atoms with Crippen molar-refractivity contribution in [2.45, 2.75) is 18.9 Å². The van der Waals surface area contributed by atoms with Crippen molar-refractivity contribution in [3.63, 3.8) is 0 Å². The van der Waals surface area contributed by atoms with Gasteiger partial charge in [0.15, 0.2) is 5.82 Å². The molecule has 0 radical (unpaired) electrons. The minimum Gasteiger partial charge on any atom is -0.335 e. The van der Waals surface area contributed by atoms with Gasteiger partial charge in [-0.2, -0.15) is 5.10 Å². The highest BCUT2D eigenvalue weighted by Gasteiger charge is 2.28. The number of carbonyl (C=O) groups excluding carboxylic acids is 1. The largest absolute Gasteiger partial charge is 0.335 e. The van der Waals surface area contributed by atoms with Crippen LogP contribution in [0.15, 0.2) is 55.2 Å². The van der Waals surface area contributed by atoms with Gasteiger partial charge in [-0.25, -0.2) is 14.6 Å². The van der Waals surface area contributed by atoms with Crippen LogP contribution in [-0.2, 0) is 6.42 Å². The molecule has 24 heavy (non-hydrogen) atoms. The van der Waals surface area contributed by atoms with Crippen molar-refractivity contribution in [1.29, 1.82) is 0 Å². The molecular formula is C18H17N5O. The zero-order valence-corrected chi connectivity index (χ0v) is 13.3. The number of pyridine rings is 1. The molecule has 1 atom stereocenters. The normalized spacial score (nSPS) is 16.0. The number of carbonyl (C=O) groups is 1. The Balaban J connectivity index is 1.61. The number of aryl methyl sites for hydroxylation is 1. The van der Waals surface area contributed by atoms with Crippen molar-refractivity contribution in [3.8, 4) is 5.82 Å². The van der Waals surface area contributed by atoms with Gasteiger partial charge in [0.05, 0.1) is 6.04 Å². The van der Waals surface area contributed by atoms with Crippen LogP contribution < -0.4 is 0 Å². The Morgan fingerprint density at radius 1 is 1.29 bits per heavy atom. The van der Waals surface area contributed by atoms with Gasteiger partial charge in [0, 0.05) is 18.8 Å². The lowest BCUT2D eigenvalue weighted by molar-refractivity contribution is 0.0730. The van der Waals surface area contributed by atoms with Gasteiger partial charge in [-0.05, 0) is 36.1 Å². The number of fused-ring (bicyclic) bond motifs is 1. The molecule has 0 fully saturated rings. The van der Waals surface area contributed by atoms with Crippen molar-refractivity contribution < 1.29 is 4.79 Å². The fourth-order valence-corrected chi connectivity index (χ4v) is 3.29. The van der Waals surface area contributed by atoms with E-state index < -0.39 is 0 Å². The fourth-order valence-electron chi connectivity index (χ4n) is 3.29. The number of hydrogen-bond donors (Lipinski definition) is 0. The second kappa shape index (κ2) is 5.88. The molecule has 6 heteroatoms. The van der Waals surface area contributed by atoms with E-state index in [1.54, 1.807) is 29.3 Å². The molecule has 2 aromatic heterocycles. The molecule has 0 saturated carbocycles. The van der Waals surface area contributed by atoms with Crippen LogP contribution in [0.4, 0.5) is 0 Å². The zero-order chi connectivity index (χ0) is 16.5. The van der Waals surface area contributed by atoms with E-state index in [-0.39, 0.29) is 11.9 Å². The molecule has 0 N–H and O–H groups in total. The SMILES string of the molecule is CN(C(=O)c1ccnc(-n2cncn2)c1)[C@@H]1CCc2ccccc21.